The summed E-state index contributed by atoms with van der Waals surface area (Å²) in [6.07, 6.45) is 34.6. The molecule has 0 bridgehead atoms. The van der Waals surface area contributed by atoms with Crippen molar-refractivity contribution in [2.24, 2.45) is 5.73 Å². The molecule has 0 aromatic carbocycles. The van der Waals surface area contributed by atoms with Gasteiger partial charge in [0.05, 0.1) is 19.7 Å². The molecule has 1 rings (SSSR count). The standard InChI is InChI=1S/C46H88N4O7/c1-3-5-7-9-11-13-15-17-19-21-23-25-27-29-31-33-35-50(42(54)34-32-30-28-26-24-22-20-18-16-14-12-10-8-6-4-2)46-43(45(56)44(55)39(38-51)57-46)49-41(53)37-48-40(52)36-47/h18,20,39,43-46,51,55-56H,3-17,19,21-38,47H2,1-2H3,(H,48,52)(H,49,53)/b20-18-/t39-,43-,44-,45-,46-/m1/s1. The van der Waals surface area contributed by atoms with E-state index in [1.165, 1.54) is 122 Å². The molecule has 1 fully saturated rings. The predicted octanol–water partition coefficient (Wildman–Crippen LogP) is 8.11. The highest BCUT2D eigenvalue weighted by molar-refractivity contribution is 5.85. The lowest BCUT2D eigenvalue weighted by atomic mass is 9.94. The molecule has 0 unspecified atom stereocenters. The van der Waals surface area contributed by atoms with Crippen LogP contribution in [0, 0.1) is 0 Å². The molecule has 1 heterocycles. The number of carbonyl (C=O) groups excluding carboxylic acids is 3. The van der Waals surface area contributed by atoms with E-state index >= 15 is 0 Å². The normalized spacial score (nSPS) is 19.6. The van der Waals surface area contributed by atoms with Crippen LogP contribution in [0.15, 0.2) is 12.2 Å². The molecular weight excluding hydrogens is 721 g/mol. The van der Waals surface area contributed by atoms with Gasteiger partial charge in [0.25, 0.3) is 0 Å². The summed E-state index contributed by atoms with van der Waals surface area (Å²) in [6, 6.07) is -1.16. The van der Waals surface area contributed by atoms with Gasteiger partial charge in [0.1, 0.15) is 24.4 Å². The monoisotopic (exact) mass is 809 g/mol. The quantitative estimate of drug-likeness (QED) is 0.0268. The number of hydrogen-bond acceptors (Lipinski definition) is 8. The van der Waals surface area contributed by atoms with Crippen LogP contribution in [0.3, 0.4) is 0 Å². The molecule has 0 spiro atoms. The molecule has 1 saturated heterocycles. The van der Waals surface area contributed by atoms with Crippen molar-refractivity contribution < 1.29 is 34.4 Å². The zero-order chi connectivity index (χ0) is 41.8. The van der Waals surface area contributed by atoms with Crippen molar-refractivity contribution in [2.45, 2.75) is 237 Å². The maximum atomic E-state index is 13.9. The lowest BCUT2D eigenvalue weighted by Gasteiger charge is -2.47. The Balaban J connectivity index is 2.65. The van der Waals surface area contributed by atoms with Crippen LogP contribution in [-0.4, -0.2) is 94.8 Å². The zero-order valence-corrected chi connectivity index (χ0v) is 36.6. The molecule has 7 N–H and O–H groups in total. The van der Waals surface area contributed by atoms with Crippen LogP contribution in [0.5, 0.6) is 0 Å². The van der Waals surface area contributed by atoms with E-state index in [-0.39, 0.29) is 19.0 Å². The van der Waals surface area contributed by atoms with E-state index in [1.807, 2.05) is 0 Å². The predicted molar refractivity (Wildman–Crippen MR) is 232 cm³/mol. The largest absolute Gasteiger partial charge is 0.394 e. The first-order valence-electron chi connectivity index (χ1n) is 23.6. The Kier molecular flexibility index (Phi) is 34.4. The number of amides is 3. The Labute approximate surface area is 348 Å². The molecule has 0 aliphatic carbocycles. The number of aliphatic hydroxyl groups excluding tert-OH is 3. The van der Waals surface area contributed by atoms with Crippen molar-refractivity contribution in [2.75, 3.05) is 26.2 Å². The Morgan fingerprint density at radius 1 is 0.614 bits per heavy atom. The number of nitrogens with one attached hydrogen (secondary N) is 2. The molecule has 334 valence electrons. The van der Waals surface area contributed by atoms with Gasteiger partial charge in [0.15, 0.2) is 6.23 Å². The van der Waals surface area contributed by atoms with Crippen molar-refractivity contribution >= 4 is 17.7 Å². The molecule has 1 aliphatic rings. The number of aliphatic hydroxyl groups is 3. The first-order valence-corrected chi connectivity index (χ1v) is 23.6. The maximum Gasteiger partial charge on any atom is 0.239 e. The van der Waals surface area contributed by atoms with Gasteiger partial charge in [-0.05, 0) is 38.5 Å². The minimum absolute atomic E-state index is 0.144. The molecule has 1 aliphatic heterocycles. The van der Waals surface area contributed by atoms with Gasteiger partial charge in [-0.2, -0.15) is 0 Å². The first-order chi connectivity index (χ1) is 27.8. The maximum absolute atomic E-state index is 13.9. The molecule has 0 radical (unpaired) electrons. The minimum atomic E-state index is -1.50. The third-order valence-electron chi connectivity index (χ3n) is 11.4. The van der Waals surface area contributed by atoms with Crippen LogP contribution in [0.2, 0.25) is 0 Å². The van der Waals surface area contributed by atoms with Gasteiger partial charge < -0.3 is 41.3 Å². The number of unbranched alkanes of at least 4 members (excludes halogenated alkanes) is 26. The molecule has 0 saturated carbocycles. The first kappa shape index (κ1) is 53.0. The van der Waals surface area contributed by atoms with E-state index < -0.39 is 49.0 Å². The molecule has 0 aromatic heterocycles. The van der Waals surface area contributed by atoms with Gasteiger partial charge in [0.2, 0.25) is 17.7 Å². The molecule has 0 aromatic rings. The average molecular weight is 809 g/mol. The van der Waals surface area contributed by atoms with Crippen LogP contribution in [0.4, 0.5) is 0 Å². The number of ether oxygens (including phenoxy) is 1. The second kappa shape index (κ2) is 37.0. The van der Waals surface area contributed by atoms with Crippen molar-refractivity contribution in [1.82, 2.24) is 15.5 Å². The molecule has 3 amide bonds. The SMILES string of the molecule is CCCCCCCC/C=C\CCCCCCCC(=O)N(CCCCCCCCCCCCCCCCCC)[C@@H]1O[C@H](CO)[C@@H](O)[C@H](O)[C@H]1NC(=O)CNC(=O)CN. The lowest BCUT2D eigenvalue weighted by Crippen LogP contribution is -2.69. The lowest BCUT2D eigenvalue weighted by molar-refractivity contribution is -0.231. The molecule has 57 heavy (non-hydrogen) atoms. The van der Waals surface area contributed by atoms with E-state index in [0.29, 0.717) is 19.4 Å². The summed E-state index contributed by atoms with van der Waals surface area (Å²) in [7, 11) is 0. The highest BCUT2D eigenvalue weighted by atomic mass is 16.5. The summed E-state index contributed by atoms with van der Waals surface area (Å²) in [5.41, 5.74) is 5.35. The average Bonchev–Trinajstić information content (AvgIpc) is 3.21. The fraction of sp³-hybridized carbons (Fsp3) is 0.891. The Hall–Kier alpha value is -2.05. The topological polar surface area (TPSA) is 174 Å². The van der Waals surface area contributed by atoms with Crippen LogP contribution >= 0.6 is 0 Å². The third-order valence-corrected chi connectivity index (χ3v) is 11.4. The number of nitrogens with two attached hydrogens (primary N) is 1. The summed E-state index contributed by atoms with van der Waals surface area (Å²) in [5.74, 6) is -1.27. The van der Waals surface area contributed by atoms with E-state index in [0.717, 1.165) is 57.8 Å². The summed E-state index contributed by atoms with van der Waals surface area (Å²) in [6.45, 7) is 3.66. The van der Waals surface area contributed by atoms with Crippen LogP contribution in [0.1, 0.15) is 206 Å². The van der Waals surface area contributed by atoms with Crippen molar-refractivity contribution in [3.8, 4) is 0 Å². The van der Waals surface area contributed by atoms with Crippen LogP contribution in [-0.2, 0) is 19.1 Å². The number of nitrogens with zero attached hydrogens (tertiary/aromatic N) is 1. The van der Waals surface area contributed by atoms with Crippen molar-refractivity contribution in [3.63, 3.8) is 0 Å². The molecular formula is C46H88N4O7. The highest BCUT2D eigenvalue weighted by Gasteiger charge is 2.48. The van der Waals surface area contributed by atoms with Gasteiger partial charge >= 0.3 is 0 Å². The van der Waals surface area contributed by atoms with E-state index in [4.69, 9.17) is 10.5 Å². The smallest absolute Gasteiger partial charge is 0.239 e. The van der Waals surface area contributed by atoms with Gasteiger partial charge in [-0.15, -0.1) is 0 Å². The number of carbonyl (C=O) groups is 3. The van der Waals surface area contributed by atoms with E-state index in [9.17, 15) is 29.7 Å². The minimum Gasteiger partial charge on any atom is -0.394 e. The molecule has 11 heteroatoms. The second-order valence-electron chi connectivity index (χ2n) is 16.5. The fourth-order valence-electron chi connectivity index (χ4n) is 7.72. The van der Waals surface area contributed by atoms with Crippen molar-refractivity contribution in [3.05, 3.63) is 12.2 Å². The fourth-order valence-corrected chi connectivity index (χ4v) is 7.72. The number of hydrogen-bond donors (Lipinski definition) is 6. The highest BCUT2D eigenvalue weighted by Crippen LogP contribution is 2.26. The summed E-state index contributed by atoms with van der Waals surface area (Å²) < 4.78 is 6.09. The summed E-state index contributed by atoms with van der Waals surface area (Å²) >= 11 is 0. The van der Waals surface area contributed by atoms with Gasteiger partial charge in [-0.1, -0.05) is 174 Å². The van der Waals surface area contributed by atoms with E-state index in [1.54, 1.807) is 4.90 Å². The van der Waals surface area contributed by atoms with Gasteiger partial charge in [0, 0.05) is 13.0 Å². The van der Waals surface area contributed by atoms with Crippen LogP contribution in [0.25, 0.3) is 0 Å². The Bertz CT molecular complexity index is 1020. The number of rotatable bonds is 38. The van der Waals surface area contributed by atoms with E-state index in [2.05, 4.69) is 36.6 Å². The third kappa shape index (κ3) is 26.6. The summed E-state index contributed by atoms with van der Waals surface area (Å²) in [4.78, 5) is 40.0. The molecule has 5 atom stereocenters. The van der Waals surface area contributed by atoms with Crippen molar-refractivity contribution in [1.29, 1.82) is 0 Å². The molecule has 11 nitrogen and oxygen atoms in total. The van der Waals surface area contributed by atoms with Gasteiger partial charge in [-0.25, -0.2) is 0 Å². The second-order valence-corrected chi connectivity index (χ2v) is 16.5. The summed E-state index contributed by atoms with van der Waals surface area (Å²) in [5, 5.41) is 36.9. The van der Waals surface area contributed by atoms with Crippen LogP contribution < -0.4 is 16.4 Å². The number of allylic oxidation sites excluding steroid dienone is 2. The van der Waals surface area contributed by atoms with Gasteiger partial charge in [-0.3, -0.25) is 14.4 Å². The Morgan fingerprint density at radius 2 is 1.05 bits per heavy atom. The zero-order valence-electron chi connectivity index (χ0n) is 36.6. The Morgan fingerprint density at radius 3 is 1.51 bits per heavy atom.